The molecule has 2 aromatic carbocycles. The first kappa shape index (κ1) is 84.3. The number of benzene rings is 2. The van der Waals surface area contributed by atoms with E-state index in [0.717, 1.165) is 35.7 Å². The van der Waals surface area contributed by atoms with Gasteiger partial charge in [0.05, 0.1) is 34.5 Å². The molecule has 0 aliphatic carbocycles. The summed E-state index contributed by atoms with van der Waals surface area (Å²) in [6, 6.07) is 11.1. The van der Waals surface area contributed by atoms with Crippen LogP contribution in [0.25, 0.3) is 0 Å². The number of methoxy groups -OCH3 is 4. The summed E-state index contributed by atoms with van der Waals surface area (Å²) < 4.78 is 29.1. The average Bonchev–Trinajstić information content (AvgIpc) is 3.19. The van der Waals surface area contributed by atoms with Crippen LogP contribution in [0.2, 0.25) is 0 Å². The molecule has 0 radical (unpaired) electrons. The number of anilines is 2. The molecule has 0 bridgehead atoms. The molecule has 13 nitrogen and oxygen atoms in total. The first-order valence-electron chi connectivity index (χ1n) is 18.4. The molecule has 2 aromatic rings. The number of nitrogen functional groups attached to an aromatic ring is 1. The number of ether oxygens (including phenoxy) is 6. The van der Waals surface area contributed by atoms with Gasteiger partial charge in [0.1, 0.15) is 28.4 Å². The minimum atomic E-state index is -0.759. The van der Waals surface area contributed by atoms with Crippen molar-refractivity contribution >= 4 is 288 Å². The number of nitrogens with two attached hydrogens (primary N) is 1. The van der Waals surface area contributed by atoms with Crippen molar-refractivity contribution in [3.05, 3.63) is 59.3 Å². The average molecular weight is 1040 g/mol. The van der Waals surface area contributed by atoms with Gasteiger partial charge >= 0.3 is 328 Å². The van der Waals surface area contributed by atoms with E-state index < -0.39 is 23.9 Å². The van der Waals surface area contributed by atoms with Gasteiger partial charge in [0.25, 0.3) is 0 Å². The number of rotatable bonds is 6. The number of nitrogens with one attached hydrogen (secondary N) is 1. The van der Waals surface area contributed by atoms with Crippen molar-refractivity contribution in [2.45, 2.75) is 74.0 Å². The van der Waals surface area contributed by atoms with E-state index in [0.29, 0.717) is 11.4 Å². The van der Waals surface area contributed by atoms with E-state index in [2.05, 4.69) is 24.3 Å². The Morgan fingerprint density at radius 2 is 1.03 bits per heavy atom. The second-order valence-corrected chi connectivity index (χ2v) is 11.3. The Hall–Kier alpha value is 9.51. The van der Waals surface area contributed by atoms with Gasteiger partial charge in [0.15, 0.2) is 0 Å². The molecule has 0 unspecified atom stereocenters. The number of aliphatic hydroxyl groups excluding tert-OH is 1. The summed E-state index contributed by atoms with van der Waals surface area (Å²) >= 11 is 10.0. The van der Waals surface area contributed by atoms with E-state index in [1.54, 1.807) is 12.1 Å². The van der Waals surface area contributed by atoms with Crippen molar-refractivity contribution in [2.24, 2.45) is 0 Å². The summed E-state index contributed by atoms with van der Waals surface area (Å²) in [4.78, 5) is 43.7. The molecular weight excluding hydrogens is 988 g/mol. The van der Waals surface area contributed by atoms with Crippen molar-refractivity contribution in [3.8, 4) is 23.3 Å². The molecule has 0 aliphatic heterocycles. The zero-order valence-corrected chi connectivity index (χ0v) is 67.3. The van der Waals surface area contributed by atoms with E-state index in [-0.39, 0.29) is 77.1 Å². The third-order valence-corrected chi connectivity index (χ3v) is 5.22. The molecule has 0 fully saturated rings. The molecule has 0 saturated heterocycles. The Bertz CT molecular complexity index is 1470. The molecule has 284 valence electrons. The Kier molecular flexibility index (Phi) is 83.5. The normalized spacial score (nSPS) is 9.03. The van der Waals surface area contributed by atoms with Gasteiger partial charge in [0.2, 0.25) is 0 Å². The first-order chi connectivity index (χ1) is 26.3. The van der Waals surface area contributed by atoms with Crippen LogP contribution in [-0.2, 0) is 38.1 Å². The quantitative estimate of drug-likeness (QED) is 0.0625. The summed E-state index contributed by atoms with van der Waals surface area (Å²) in [6.45, 7) is 15.7. The number of carbonyl (C=O) groups excluding carboxylic acids is 4. The fourth-order valence-corrected chi connectivity index (χ4v) is 3.04. The molecule has 22 heteroatoms. The molecule has 0 saturated carbocycles. The van der Waals surface area contributed by atoms with Crippen molar-refractivity contribution in [1.82, 2.24) is 0 Å². The van der Waals surface area contributed by atoms with E-state index in [1.165, 1.54) is 281 Å². The van der Waals surface area contributed by atoms with Crippen molar-refractivity contribution in [1.29, 1.82) is 0 Å². The van der Waals surface area contributed by atoms with E-state index >= 15 is 0 Å². The van der Waals surface area contributed by atoms with Crippen molar-refractivity contribution in [2.75, 3.05) is 46.6 Å². The Morgan fingerprint density at radius 1 is 0.672 bits per heavy atom. The zero-order chi connectivity index (χ0) is 45.7. The summed E-state index contributed by atoms with van der Waals surface area (Å²) in [5, 5.41) is 9.90. The van der Waals surface area contributed by atoms with Gasteiger partial charge in [-0.2, -0.15) is 0 Å². The third-order valence-electron chi connectivity index (χ3n) is 5.22. The van der Waals surface area contributed by atoms with Crippen LogP contribution in [-0.4, -0.2) is 328 Å². The van der Waals surface area contributed by atoms with E-state index in [1.807, 2.05) is 91.5 Å². The standard InChI is InChI=1S/C17H23NO5.C11H17NO.C6H6O4.CH4O.CH4.9K.H/c1-11-12(8-7-9-14(11)23-17(2,3)4)18-13(16(20)22-6)10-15(19)21-5;1-8-9(12)6-5-7-10(8)13-11(2,3)4;1-9-5(7)3-4-6(8)10-2;1-2;;;;;;;;;;;/h7-10,18H,1-6H3;5-7H,12H2,1-4H3;1-2H3;2H,1H3;1H4;;;;;;;;;;/q;;;;;;;;;;;;;+1;-1/b13-10+;;;;;;;;;;;;;;. The van der Waals surface area contributed by atoms with Crippen LogP contribution in [0.15, 0.2) is 48.2 Å². The predicted molar refractivity (Wildman–Crippen MR) is 237 cm³/mol. The fraction of sp³-hybridized carbons (Fsp3) is 0.444. The van der Waals surface area contributed by atoms with Gasteiger partial charge in [0, 0.05) is 41.5 Å². The van der Waals surface area contributed by atoms with Crippen molar-refractivity contribution < 1.29 is 106 Å². The van der Waals surface area contributed by atoms with E-state index in [4.69, 9.17) is 20.3 Å². The minimum absolute atomic E-state index is 0. The molecule has 0 spiro atoms. The van der Waals surface area contributed by atoms with Crippen LogP contribution in [0.3, 0.4) is 0 Å². The van der Waals surface area contributed by atoms with Gasteiger partial charge in [-0.15, -0.1) is 0 Å². The molecule has 0 amide bonds. The number of esters is 4. The molecule has 0 heterocycles. The third kappa shape index (κ3) is 51.8. The van der Waals surface area contributed by atoms with Gasteiger partial charge in [-0.25, -0.2) is 19.2 Å². The van der Waals surface area contributed by atoms with Gasteiger partial charge < -0.3 is 46.0 Å². The van der Waals surface area contributed by atoms with Gasteiger partial charge in [-0.1, -0.05) is 19.6 Å². The summed E-state index contributed by atoms with van der Waals surface area (Å²) in [7, 11) is 5.82. The maximum atomic E-state index is 11.8. The number of hydrogen-bond acceptors (Lipinski definition) is 13. The van der Waals surface area contributed by atoms with Crippen molar-refractivity contribution in [3.63, 3.8) is 0 Å². The fourth-order valence-electron chi connectivity index (χ4n) is 3.04. The van der Waals surface area contributed by atoms with Gasteiger partial charge in [-0.3, -0.25) is 0 Å². The summed E-state index contributed by atoms with van der Waals surface area (Å²) in [6.07, 6.45) is 1.04. The van der Waals surface area contributed by atoms with Crippen LogP contribution in [0.1, 0.15) is 61.5 Å². The molecule has 58 heavy (non-hydrogen) atoms. The molecule has 2 rings (SSSR count). The molecule has 0 aromatic heterocycles. The second-order valence-electron chi connectivity index (χ2n) is 11.3. The van der Waals surface area contributed by atoms with Crippen LogP contribution < -0.4 is 71.9 Å². The zero-order valence-electron chi connectivity index (χ0n) is 40.1. The van der Waals surface area contributed by atoms with Crippen LogP contribution >= 0.6 is 0 Å². The topological polar surface area (TPSA) is 182 Å². The number of carbonyl (C=O) groups is 4. The molecule has 0 atom stereocenters. The monoisotopic (exact) mass is 1040 g/mol. The van der Waals surface area contributed by atoms with Crippen LogP contribution in [0.4, 0.5) is 11.4 Å². The molecule has 4 N–H and O–H groups in total. The Morgan fingerprint density at radius 3 is 1.36 bits per heavy atom. The van der Waals surface area contributed by atoms with Crippen LogP contribution in [0, 0.1) is 25.7 Å². The summed E-state index contributed by atoms with van der Waals surface area (Å²) in [5.41, 5.74) is 8.45. The summed E-state index contributed by atoms with van der Waals surface area (Å²) in [5.74, 6) is 2.51. The number of hydrogen-bond donors (Lipinski definition) is 3. The number of aliphatic hydroxyl groups is 1. The van der Waals surface area contributed by atoms with Gasteiger partial charge in [-0.05, 0) is 79.7 Å². The second kappa shape index (κ2) is 57.4. The first-order valence-corrected chi connectivity index (χ1v) is 82.4. The Labute approximate surface area is 574 Å². The van der Waals surface area contributed by atoms with Crippen LogP contribution in [0.5, 0.6) is 11.5 Å². The SMILES string of the molecule is C.CO.COC(=O)/C=C(/Nc1cccc(OC(C)(C)C)c1C)C(=O)OC.COC(=O)C#CC(=O)OC.Cc1c(N)cccc1OC(C)(C)C.[H-].[K+].[K][K].[K][K].[K][K].[K][K]. The van der Waals surface area contributed by atoms with E-state index in [9.17, 15) is 19.2 Å². The predicted octanol–water partition coefficient (Wildman–Crippen LogP) is -0.781. The Balaban J connectivity index is -0.0000000852. The molecule has 0 aliphatic rings. The molecular formula is C36H55K9N2O11. The maximum absolute atomic E-state index is 11.8.